The van der Waals surface area contributed by atoms with E-state index in [1.807, 2.05) is 0 Å². The molecule has 2 aromatic rings. The van der Waals surface area contributed by atoms with Crippen LogP contribution in [0.4, 0.5) is 8.78 Å². The molecule has 0 aliphatic rings. The summed E-state index contributed by atoms with van der Waals surface area (Å²) in [5, 5.41) is 0. The van der Waals surface area contributed by atoms with E-state index in [1.165, 1.54) is 25.3 Å². The second-order valence-corrected chi connectivity index (χ2v) is 4.89. The van der Waals surface area contributed by atoms with Gasteiger partial charge >= 0.3 is 0 Å². The first-order valence-electron chi connectivity index (χ1n) is 7.06. The number of methoxy groups -OCH3 is 1. The van der Waals surface area contributed by atoms with Gasteiger partial charge < -0.3 is 15.2 Å². The van der Waals surface area contributed by atoms with Crippen LogP contribution >= 0.6 is 0 Å². The van der Waals surface area contributed by atoms with Crippen molar-refractivity contribution in [2.45, 2.75) is 12.3 Å². The molecule has 2 rings (SSSR count). The second kappa shape index (κ2) is 7.75. The molecule has 0 aromatic heterocycles. The van der Waals surface area contributed by atoms with E-state index in [4.69, 9.17) is 15.2 Å². The Balaban J connectivity index is 2.04. The van der Waals surface area contributed by atoms with Gasteiger partial charge in [0.15, 0.2) is 11.6 Å². The first-order chi connectivity index (χ1) is 10.7. The van der Waals surface area contributed by atoms with E-state index < -0.39 is 5.82 Å². The van der Waals surface area contributed by atoms with Gasteiger partial charge in [-0.05, 0) is 43.3 Å². The van der Waals surface area contributed by atoms with Crippen molar-refractivity contribution < 1.29 is 18.3 Å². The molecule has 2 N–H and O–H groups in total. The van der Waals surface area contributed by atoms with Crippen molar-refractivity contribution in [2.75, 3.05) is 20.3 Å². The van der Waals surface area contributed by atoms with Gasteiger partial charge in [-0.3, -0.25) is 0 Å². The van der Waals surface area contributed by atoms with Crippen molar-refractivity contribution in [1.82, 2.24) is 0 Å². The lowest BCUT2D eigenvalue weighted by atomic mass is 9.95. The lowest BCUT2D eigenvalue weighted by Crippen LogP contribution is -2.17. The zero-order chi connectivity index (χ0) is 15.9. The van der Waals surface area contributed by atoms with Gasteiger partial charge in [0.25, 0.3) is 0 Å². The smallest absolute Gasteiger partial charge is 0.165 e. The van der Waals surface area contributed by atoms with Crippen LogP contribution in [0, 0.1) is 11.6 Å². The molecule has 22 heavy (non-hydrogen) atoms. The Morgan fingerprint density at radius 2 is 1.86 bits per heavy atom. The molecule has 0 radical (unpaired) electrons. The lowest BCUT2D eigenvalue weighted by molar-refractivity contribution is 0.283. The first-order valence-corrected chi connectivity index (χ1v) is 7.06. The molecule has 0 aliphatic carbocycles. The Morgan fingerprint density at radius 1 is 1.09 bits per heavy atom. The highest BCUT2D eigenvalue weighted by molar-refractivity contribution is 5.37. The molecule has 2 aromatic carbocycles. The summed E-state index contributed by atoms with van der Waals surface area (Å²) in [4.78, 5) is 0. The number of hydrogen-bond acceptors (Lipinski definition) is 3. The van der Waals surface area contributed by atoms with E-state index in [2.05, 4.69) is 0 Å². The summed E-state index contributed by atoms with van der Waals surface area (Å²) in [6, 6.07) is 10.5. The zero-order valence-corrected chi connectivity index (χ0v) is 12.4. The summed E-state index contributed by atoms with van der Waals surface area (Å²) < 4.78 is 37.6. The van der Waals surface area contributed by atoms with Crippen molar-refractivity contribution in [3.63, 3.8) is 0 Å². The molecule has 1 atom stereocenters. The Hall–Kier alpha value is -2.14. The van der Waals surface area contributed by atoms with Crippen molar-refractivity contribution in [3.8, 4) is 11.5 Å². The van der Waals surface area contributed by atoms with Gasteiger partial charge in [-0.2, -0.15) is 0 Å². The van der Waals surface area contributed by atoms with Gasteiger partial charge in [-0.15, -0.1) is 0 Å². The Morgan fingerprint density at radius 3 is 2.55 bits per heavy atom. The van der Waals surface area contributed by atoms with Crippen LogP contribution in [0.15, 0.2) is 42.5 Å². The van der Waals surface area contributed by atoms with Crippen molar-refractivity contribution in [2.24, 2.45) is 5.73 Å². The topological polar surface area (TPSA) is 44.5 Å². The second-order valence-electron chi connectivity index (χ2n) is 4.89. The predicted molar refractivity (Wildman–Crippen MR) is 81.3 cm³/mol. The molecule has 118 valence electrons. The monoisotopic (exact) mass is 307 g/mol. The van der Waals surface area contributed by atoms with Crippen LogP contribution in [-0.2, 0) is 0 Å². The highest BCUT2D eigenvalue weighted by Crippen LogP contribution is 2.29. The van der Waals surface area contributed by atoms with Crippen molar-refractivity contribution in [3.05, 3.63) is 59.7 Å². The van der Waals surface area contributed by atoms with Gasteiger partial charge in [0.2, 0.25) is 0 Å². The summed E-state index contributed by atoms with van der Waals surface area (Å²) in [6.07, 6.45) is 0.532. The fourth-order valence-corrected chi connectivity index (χ4v) is 2.30. The molecule has 0 aliphatic heterocycles. The fourth-order valence-electron chi connectivity index (χ4n) is 2.30. The van der Waals surface area contributed by atoms with Gasteiger partial charge in [0.1, 0.15) is 11.6 Å². The molecular formula is C17H19F2NO2. The summed E-state index contributed by atoms with van der Waals surface area (Å²) in [5.74, 6) is -0.0935. The molecule has 0 spiro atoms. The summed E-state index contributed by atoms with van der Waals surface area (Å²) in [5.41, 5.74) is 6.48. The van der Waals surface area contributed by atoms with Gasteiger partial charge in [0.05, 0.1) is 13.7 Å². The van der Waals surface area contributed by atoms with E-state index in [0.717, 1.165) is 0 Å². The van der Waals surface area contributed by atoms with Gasteiger partial charge in [0, 0.05) is 11.5 Å². The minimum atomic E-state index is -0.407. The highest BCUT2D eigenvalue weighted by Gasteiger charge is 2.16. The number of rotatable bonds is 7. The maximum atomic E-state index is 13.5. The van der Waals surface area contributed by atoms with Crippen molar-refractivity contribution in [1.29, 1.82) is 0 Å². The third kappa shape index (κ3) is 3.95. The van der Waals surface area contributed by atoms with E-state index >= 15 is 0 Å². The zero-order valence-electron chi connectivity index (χ0n) is 12.4. The number of ether oxygens (including phenoxy) is 2. The van der Waals surface area contributed by atoms with Crippen LogP contribution in [0.5, 0.6) is 11.5 Å². The largest absolute Gasteiger partial charge is 0.496 e. The van der Waals surface area contributed by atoms with Crippen LogP contribution in [0.25, 0.3) is 0 Å². The number of halogens is 2. The standard InChI is InChI=1S/C17H19F2NO2/c1-21-16-7-6-13(18)10-14(16)12(11-20)8-9-22-17-5-3-2-4-15(17)19/h2-7,10,12H,8-9,11,20H2,1H3. The maximum absolute atomic E-state index is 13.5. The minimum absolute atomic E-state index is 0.127. The third-order valence-corrected chi connectivity index (χ3v) is 3.48. The Bertz CT molecular complexity index is 619. The predicted octanol–water partition coefficient (Wildman–Crippen LogP) is 3.48. The summed E-state index contributed by atoms with van der Waals surface area (Å²) in [6.45, 7) is 0.600. The van der Waals surface area contributed by atoms with E-state index in [0.29, 0.717) is 24.3 Å². The average molecular weight is 307 g/mol. The van der Waals surface area contributed by atoms with Gasteiger partial charge in [-0.1, -0.05) is 12.1 Å². The highest BCUT2D eigenvalue weighted by atomic mass is 19.1. The molecule has 0 heterocycles. The molecule has 5 heteroatoms. The molecule has 3 nitrogen and oxygen atoms in total. The average Bonchev–Trinajstić information content (AvgIpc) is 2.53. The Kier molecular flexibility index (Phi) is 5.72. The maximum Gasteiger partial charge on any atom is 0.165 e. The lowest BCUT2D eigenvalue weighted by Gasteiger charge is -2.18. The van der Waals surface area contributed by atoms with Crippen LogP contribution in [0.1, 0.15) is 17.9 Å². The minimum Gasteiger partial charge on any atom is -0.496 e. The summed E-state index contributed by atoms with van der Waals surface area (Å²) >= 11 is 0. The van der Waals surface area contributed by atoms with Crippen LogP contribution in [0.3, 0.4) is 0 Å². The van der Waals surface area contributed by atoms with E-state index in [9.17, 15) is 8.78 Å². The number of nitrogens with two attached hydrogens (primary N) is 1. The quantitative estimate of drug-likeness (QED) is 0.851. The van der Waals surface area contributed by atoms with Crippen LogP contribution in [-0.4, -0.2) is 20.3 Å². The molecule has 0 fully saturated rings. The third-order valence-electron chi connectivity index (χ3n) is 3.48. The number of benzene rings is 2. The molecule has 1 unspecified atom stereocenters. The first kappa shape index (κ1) is 16.2. The number of para-hydroxylation sites is 1. The fraction of sp³-hybridized carbons (Fsp3) is 0.294. The van der Waals surface area contributed by atoms with Gasteiger partial charge in [-0.25, -0.2) is 8.78 Å². The van der Waals surface area contributed by atoms with E-state index in [-0.39, 0.29) is 24.1 Å². The molecule has 0 saturated heterocycles. The number of hydrogen-bond donors (Lipinski definition) is 1. The molecule has 0 bridgehead atoms. The van der Waals surface area contributed by atoms with Crippen LogP contribution in [0.2, 0.25) is 0 Å². The van der Waals surface area contributed by atoms with E-state index in [1.54, 1.807) is 24.3 Å². The van der Waals surface area contributed by atoms with Crippen molar-refractivity contribution >= 4 is 0 Å². The van der Waals surface area contributed by atoms with Crippen LogP contribution < -0.4 is 15.2 Å². The molecule has 0 saturated carbocycles. The molecular weight excluding hydrogens is 288 g/mol. The Labute approximate surface area is 128 Å². The molecule has 0 amide bonds. The summed E-state index contributed by atoms with van der Waals surface area (Å²) in [7, 11) is 1.53. The SMILES string of the molecule is COc1ccc(F)cc1C(CN)CCOc1ccccc1F. The normalized spacial score (nSPS) is 12.0.